The van der Waals surface area contributed by atoms with Crippen LogP contribution in [0.5, 0.6) is 0 Å². The zero-order valence-electron chi connectivity index (χ0n) is 60.6. The van der Waals surface area contributed by atoms with Gasteiger partial charge in [0.15, 0.2) is 12.2 Å². The van der Waals surface area contributed by atoms with Crippen LogP contribution in [0.3, 0.4) is 0 Å². The van der Waals surface area contributed by atoms with Crippen LogP contribution in [-0.2, 0) is 65.4 Å². The highest BCUT2D eigenvalue weighted by Crippen LogP contribution is 2.45. The van der Waals surface area contributed by atoms with Crippen LogP contribution in [0.4, 0.5) is 0 Å². The average molecular weight is 1370 g/mol. The SMILES string of the molecule is CCCCCCCCCCCCCCCCCCCC(=O)O[C@H](COC(=O)CCCCCCCCCCCCCCCC(C)C)COP(=O)(O)OC[C@@H](O)COP(=O)(O)OC[C@@H](COC(=O)CCCCCCCCCCCC)OC(=O)CCCCCCCCC(C)CC. The Morgan fingerprint density at radius 2 is 0.548 bits per heavy atom. The number of esters is 4. The van der Waals surface area contributed by atoms with Crippen LogP contribution in [0, 0.1) is 11.8 Å². The Morgan fingerprint density at radius 1 is 0.312 bits per heavy atom. The second-order valence-corrected chi connectivity index (χ2v) is 30.3. The fourth-order valence-corrected chi connectivity index (χ4v) is 12.8. The van der Waals surface area contributed by atoms with Gasteiger partial charge in [-0.2, -0.15) is 0 Å². The molecular weight excluding hydrogens is 1220 g/mol. The fraction of sp³-hybridized carbons (Fsp3) is 0.946. The first-order valence-corrected chi connectivity index (χ1v) is 41.5. The van der Waals surface area contributed by atoms with Crippen molar-refractivity contribution in [1.82, 2.24) is 0 Å². The minimum Gasteiger partial charge on any atom is -0.462 e. The van der Waals surface area contributed by atoms with Gasteiger partial charge in [0, 0.05) is 25.7 Å². The standard InChI is InChI=1S/C74H144O17P2/c1-7-10-12-14-16-18-20-21-22-23-24-27-31-35-39-46-52-58-73(78)90-69(62-84-72(77)57-51-45-38-34-30-28-25-26-29-32-36-42-48-54-66(4)5)64-88-92(80,81)86-60-68(75)61-87-93(82,83)89-65-70(91-74(79)59-53-47-41-40-43-49-55-67(6)9-3)63-85-71(76)56-50-44-37-33-19-17-15-13-11-8-2/h66-70,75H,7-65H2,1-6H3,(H,80,81)(H,82,83)/t67?,68-,69-,70-/m1/s1. The largest absolute Gasteiger partial charge is 0.472 e. The number of phosphoric acid groups is 2. The second kappa shape index (κ2) is 66.0. The van der Waals surface area contributed by atoms with E-state index in [4.69, 9.17) is 37.0 Å². The highest BCUT2D eigenvalue weighted by atomic mass is 31.2. The predicted molar refractivity (Wildman–Crippen MR) is 377 cm³/mol. The summed E-state index contributed by atoms with van der Waals surface area (Å²) in [6.07, 6.45) is 52.7. The van der Waals surface area contributed by atoms with Gasteiger partial charge in [-0.1, -0.05) is 330 Å². The molecule has 0 spiro atoms. The Hall–Kier alpha value is -1.94. The third kappa shape index (κ3) is 67.0. The number of unbranched alkanes of at least 4 members (excludes halogenated alkanes) is 42. The molecule has 0 heterocycles. The molecule has 3 unspecified atom stereocenters. The Morgan fingerprint density at radius 3 is 0.817 bits per heavy atom. The van der Waals surface area contributed by atoms with Gasteiger partial charge < -0.3 is 33.8 Å². The van der Waals surface area contributed by atoms with Gasteiger partial charge in [-0.05, 0) is 37.5 Å². The number of carbonyl (C=O) groups is 4. The number of aliphatic hydroxyl groups excluding tert-OH is 1. The number of carbonyl (C=O) groups excluding carboxylic acids is 4. The molecule has 19 heteroatoms. The summed E-state index contributed by atoms with van der Waals surface area (Å²) in [6, 6.07) is 0. The molecule has 0 aliphatic heterocycles. The average Bonchev–Trinajstić information content (AvgIpc) is 2.44. The topological polar surface area (TPSA) is 237 Å². The first-order valence-electron chi connectivity index (χ1n) is 38.5. The zero-order valence-corrected chi connectivity index (χ0v) is 62.3. The number of hydrogen-bond donors (Lipinski definition) is 3. The van der Waals surface area contributed by atoms with E-state index in [2.05, 4.69) is 41.5 Å². The van der Waals surface area contributed by atoms with E-state index in [1.165, 1.54) is 199 Å². The van der Waals surface area contributed by atoms with E-state index in [9.17, 15) is 43.2 Å². The van der Waals surface area contributed by atoms with E-state index in [0.717, 1.165) is 102 Å². The molecule has 17 nitrogen and oxygen atoms in total. The van der Waals surface area contributed by atoms with Crippen molar-refractivity contribution in [2.75, 3.05) is 39.6 Å². The van der Waals surface area contributed by atoms with Crippen LogP contribution in [0.2, 0.25) is 0 Å². The van der Waals surface area contributed by atoms with Crippen molar-refractivity contribution in [2.45, 2.75) is 400 Å². The Kier molecular flexibility index (Phi) is 64.6. The van der Waals surface area contributed by atoms with Gasteiger partial charge in [-0.15, -0.1) is 0 Å². The maximum absolute atomic E-state index is 13.1. The van der Waals surface area contributed by atoms with E-state index >= 15 is 0 Å². The monoisotopic (exact) mass is 1370 g/mol. The maximum atomic E-state index is 13.1. The third-order valence-electron chi connectivity index (χ3n) is 17.6. The Bertz CT molecular complexity index is 1810. The summed E-state index contributed by atoms with van der Waals surface area (Å²) < 4.78 is 68.4. The molecule has 0 saturated heterocycles. The molecule has 0 saturated carbocycles. The van der Waals surface area contributed by atoms with Gasteiger partial charge in [-0.3, -0.25) is 37.3 Å². The van der Waals surface area contributed by atoms with E-state index in [1.54, 1.807) is 0 Å². The third-order valence-corrected chi connectivity index (χ3v) is 19.5. The van der Waals surface area contributed by atoms with Crippen LogP contribution in [0.25, 0.3) is 0 Å². The van der Waals surface area contributed by atoms with Crippen molar-refractivity contribution in [3.8, 4) is 0 Å². The van der Waals surface area contributed by atoms with Crippen molar-refractivity contribution in [1.29, 1.82) is 0 Å². The summed E-state index contributed by atoms with van der Waals surface area (Å²) in [5.41, 5.74) is 0. The summed E-state index contributed by atoms with van der Waals surface area (Å²) in [7, 11) is -9.91. The first-order chi connectivity index (χ1) is 44.9. The van der Waals surface area contributed by atoms with Crippen LogP contribution >= 0.6 is 15.6 Å². The lowest BCUT2D eigenvalue weighted by molar-refractivity contribution is -0.161. The van der Waals surface area contributed by atoms with E-state index in [0.29, 0.717) is 25.7 Å². The lowest BCUT2D eigenvalue weighted by Crippen LogP contribution is -2.30. The minimum absolute atomic E-state index is 0.103. The Labute approximate surface area is 568 Å². The molecule has 0 fully saturated rings. The number of rotatable bonds is 73. The highest BCUT2D eigenvalue weighted by Gasteiger charge is 2.30. The molecule has 0 aliphatic carbocycles. The molecule has 0 aromatic rings. The van der Waals surface area contributed by atoms with Gasteiger partial charge in [0.05, 0.1) is 26.4 Å². The zero-order chi connectivity index (χ0) is 68.6. The highest BCUT2D eigenvalue weighted by molar-refractivity contribution is 7.47. The molecule has 0 rings (SSSR count). The summed E-state index contributed by atoms with van der Waals surface area (Å²) in [6.45, 7) is 9.54. The number of phosphoric ester groups is 2. The molecule has 0 amide bonds. The molecule has 0 aliphatic rings. The van der Waals surface area contributed by atoms with Crippen molar-refractivity contribution in [3.63, 3.8) is 0 Å². The lowest BCUT2D eigenvalue weighted by atomic mass is 10.00. The lowest BCUT2D eigenvalue weighted by Gasteiger charge is -2.21. The van der Waals surface area contributed by atoms with Gasteiger partial charge >= 0.3 is 39.5 Å². The summed E-state index contributed by atoms with van der Waals surface area (Å²) in [4.78, 5) is 72.7. The summed E-state index contributed by atoms with van der Waals surface area (Å²) in [5.74, 6) is -0.609. The van der Waals surface area contributed by atoms with Crippen molar-refractivity contribution < 1.29 is 80.2 Å². The normalized spacial score (nSPS) is 14.3. The Balaban J connectivity index is 5.23. The molecule has 3 N–H and O–H groups in total. The summed E-state index contributed by atoms with van der Waals surface area (Å²) in [5, 5.41) is 10.6. The van der Waals surface area contributed by atoms with Gasteiger partial charge in [-0.25, -0.2) is 9.13 Å². The van der Waals surface area contributed by atoms with Crippen LogP contribution in [0.15, 0.2) is 0 Å². The molecule has 93 heavy (non-hydrogen) atoms. The van der Waals surface area contributed by atoms with Crippen molar-refractivity contribution in [2.24, 2.45) is 11.8 Å². The van der Waals surface area contributed by atoms with Crippen molar-refractivity contribution >= 4 is 39.5 Å². The molecule has 6 atom stereocenters. The summed E-state index contributed by atoms with van der Waals surface area (Å²) >= 11 is 0. The molecule has 0 aromatic carbocycles. The van der Waals surface area contributed by atoms with Crippen LogP contribution in [-0.4, -0.2) is 96.7 Å². The minimum atomic E-state index is -4.96. The van der Waals surface area contributed by atoms with Crippen LogP contribution in [0.1, 0.15) is 382 Å². The predicted octanol–water partition coefficient (Wildman–Crippen LogP) is 21.6. The van der Waals surface area contributed by atoms with Crippen LogP contribution < -0.4 is 0 Å². The maximum Gasteiger partial charge on any atom is 0.472 e. The second-order valence-electron chi connectivity index (χ2n) is 27.4. The molecular formula is C74H144O17P2. The van der Waals surface area contributed by atoms with Crippen molar-refractivity contribution in [3.05, 3.63) is 0 Å². The van der Waals surface area contributed by atoms with E-state index in [-0.39, 0.29) is 25.7 Å². The number of aliphatic hydroxyl groups is 1. The quantitative estimate of drug-likeness (QED) is 0.0222. The molecule has 0 radical (unpaired) electrons. The molecule has 0 aromatic heterocycles. The van der Waals surface area contributed by atoms with E-state index < -0.39 is 97.5 Å². The number of hydrogen-bond acceptors (Lipinski definition) is 15. The first kappa shape index (κ1) is 91.1. The van der Waals surface area contributed by atoms with Gasteiger partial charge in [0.25, 0.3) is 0 Å². The van der Waals surface area contributed by atoms with Gasteiger partial charge in [0.1, 0.15) is 19.3 Å². The number of ether oxygens (including phenoxy) is 4. The van der Waals surface area contributed by atoms with Gasteiger partial charge in [0.2, 0.25) is 0 Å². The molecule has 552 valence electrons. The fourth-order valence-electron chi connectivity index (χ4n) is 11.3. The smallest absolute Gasteiger partial charge is 0.462 e. The molecule has 0 bridgehead atoms. The van der Waals surface area contributed by atoms with E-state index in [1.807, 2.05) is 0 Å².